The van der Waals surface area contributed by atoms with Crippen LogP contribution in [-0.4, -0.2) is 5.11 Å². The first kappa shape index (κ1) is 8.76. The molecule has 0 fully saturated rings. The molecule has 10 heavy (non-hydrogen) atoms. The van der Waals surface area contributed by atoms with Crippen molar-refractivity contribution >= 4 is 0 Å². The molecule has 0 aliphatic carbocycles. The van der Waals surface area contributed by atoms with Crippen LogP contribution in [0.25, 0.3) is 0 Å². The SMILES string of the molecule is C=C(O)/C=C/C=C/C=C/C. The lowest BCUT2D eigenvalue weighted by molar-refractivity contribution is 0.435. The highest BCUT2D eigenvalue weighted by Crippen LogP contribution is 1.85. The third kappa shape index (κ3) is 6.76. The summed E-state index contributed by atoms with van der Waals surface area (Å²) in [7, 11) is 0. The molecule has 0 heterocycles. The maximum Gasteiger partial charge on any atom is 0.108 e. The second-order valence-electron chi connectivity index (χ2n) is 1.76. The van der Waals surface area contributed by atoms with Gasteiger partial charge in [0.05, 0.1) is 0 Å². The van der Waals surface area contributed by atoms with Crippen molar-refractivity contribution < 1.29 is 5.11 Å². The van der Waals surface area contributed by atoms with E-state index in [9.17, 15) is 0 Å². The molecule has 1 nitrogen and oxygen atoms in total. The summed E-state index contributed by atoms with van der Waals surface area (Å²) < 4.78 is 0. The zero-order valence-corrected chi connectivity index (χ0v) is 6.12. The molecule has 0 radical (unpaired) electrons. The number of aliphatic hydroxyl groups is 1. The number of allylic oxidation sites excluding steroid dienone is 6. The van der Waals surface area contributed by atoms with Crippen LogP contribution in [0.5, 0.6) is 0 Å². The van der Waals surface area contributed by atoms with Crippen LogP contribution in [-0.2, 0) is 0 Å². The summed E-state index contributed by atoms with van der Waals surface area (Å²) >= 11 is 0. The van der Waals surface area contributed by atoms with E-state index in [1.165, 1.54) is 6.08 Å². The van der Waals surface area contributed by atoms with Gasteiger partial charge >= 0.3 is 0 Å². The smallest absolute Gasteiger partial charge is 0.108 e. The molecule has 0 atom stereocenters. The molecule has 0 aliphatic rings. The molecular formula is C9H12O. The minimum absolute atomic E-state index is 0.0742. The van der Waals surface area contributed by atoms with E-state index in [1.807, 2.05) is 31.2 Å². The first-order chi connectivity index (χ1) is 4.77. The standard InChI is InChI=1S/C9H12O/c1-3-4-5-6-7-8-9(2)10/h3-8,10H,2H2,1H3/b4-3+,6-5+,8-7+. The fraction of sp³-hybridized carbons (Fsp3) is 0.111. The highest BCUT2D eigenvalue weighted by Gasteiger charge is 1.70. The summed E-state index contributed by atoms with van der Waals surface area (Å²) in [6.45, 7) is 5.23. The van der Waals surface area contributed by atoms with Crippen molar-refractivity contribution in [2.45, 2.75) is 6.92 Å². The molecule has 54 valence electrons. The zero-order chi connectivity index (χ0) is 7.82. The van der Waals surface area contributed by atoms with Gasteiger partial charge in [-0.2, -0.15) is 0 Å². The van der Waals surface area contributed by atoms with Gasteiger partial charge in [-0.15, -0.1) is 0 Å². The van der Waals surface area contributed by atoms with Gasteiger partial charge in [-0.3, -0.25) is 0 Å². The van der Waals surface area contributed by atoms with Gasteiger partial charge in [-0.05, 0) is 13.0 Å². The Morgan fingerprint density at radius 3 is 2.30 bits per heavy atom. The Bertz CT molecular complexity index is 173. The van der Waals surface area contributed by atoms with Crippen molar-refractivity contribution in [3.05, 3.63) is 48.8 Å². The van der Waals surface area contributed by atoms with Gasteiger partial charge in [0, 0.05) is 0 Å². The molecule has 0 aromatic carbocycles. The van der Waals surface area contributed by atoms with E-state index >= 15 is 0 Å². The topological polar surface area (TPSA) is 20.2 Å². The Morgan fingerprint density at radius 1 is 1.20 bits per heavy atom. The summed E-state index contributed by atoms with van der Waals surface area (Å²) in [5.74, 6) is 0.0742. The molecule has 0 bridgehead atoms. The molecule has 0 rings (SSSR count). The fourth-order valence-corrected chi connectivity index (χ4v) is 0.406. The van der Waals surface area contributed by atoms with Crippen LogP contribution in [0.3, 0.4) is 0 Å². The molecule has 0 unspecified atom stereocenters. The van der Waals surface area contributed by atoms with Crippen molar-refractivity contribution in [3.63, 3.8) is 0 Å². The Balaban J connectivity index is 3.62. The van der Waals surface area contributed by atoms with Crippen molar-refractivity contribution in [1.29, 1.82) is 0 Å². The van der Waals surface area contributed by atoms with Crippen LogP contribution in [0.4, 0.5) is 0 Å². The van der Waals surface area contributed by atoms with Crippen LogP contribution in [0, 0.1) is 0 Å². The van der Waals surface area contributed by atoms with Gasteiger partial charge in [0.1, 0.15) is 5.76 Å². The van der Waals surface area contributed by atoms with Gasteiger partial charge < -0.3 is 5.11 Å². The van der Waals surface area contributed by atoms with Gasteiger partial charge in [0.2, 0.25) is 0 Å². The third-order valence-corrected chi connectivity index (χ3v) is 0.814. The highest BCUT2D eigenvalue weighted by molar-refractivity contribution is 5.16. The maximum absolute atomic E-state index is 8.58. The average Bonchev–Trinajstić information content (AvgIpc) is 1.87. The van der Waals surface area contributed by atoms with Crippen molar-refractivity contribution in [2.24, 2.45) is 0 Å². The first-order valence-electron chi connectivity index (χ1n) is 3.11. The minimum Gasteiger partial charge on any atom is -0.509 e. The Labute approximate surface area is 61.7 Å². The minimum atomic E-state index is 0.0742. The summed E-state index contributed by atoms with van der Waals surface area (Å²) in [4.78, 5) is 0. The lowest BCUT2D eigenvalue weighted by atomic mass is 10.4. The fourth-order valence-electron chi connectivity index (χ4n) is 0.406. The molecule has 0 saturated heterocycles. The lowest BCUT2D eigenvalue weighted by Gasteiger charge is -1.79. The van der Waals surface area contributed by atoms with Crippen LogP contribution < -0.4 is 0 Å². The Morgan fingerprint density at radius 2 is 1.80 bits per heavy atom. The second kappa shape index (κ2) is 5.89. The Hall–Kier alpha value is -1.24. The van der Waals surface area contributed by atoms with Crippen molar-refractivity contribution in [3.8, 4) is 0 Å². The van der Waals surface area contributed by atoms with E-state index in [2.05, 4.69) is 6.58 Å². The lowest BCUT2D eigenvalue weighted by Crippen LogP contribution is -1.63. The number of aliphatic hydroxyl groups excluding tert-OH is 1. The molecule has 0 aromatic heterocycles. The van der Waals surface area contributed by atoms with Gasteiger partial charge in [0.25, 0.3) is 0 Å². The van der Waals surface area contributed by atoms with Crippen LogP contribution in [0.1, 0.15) is 6.92 Å². The average molecular weight is 136 g/mol. The largest absolute Gasteiger partial charge is 0.509 e. The summed E-state index contributed by atoms with van der Waals surface area (Å²) in [6, 6.07) is 0. The predicted octanol–water partition coefficient (Wildman–Crippen LogP) is 2.75. The molecule has 0 aliphatic heterocycles. The molecular weight excluding hydrogens is 124 g/mol. The molecule has 0 aromatic rings. The number of hydrogen-bond donors (Lipinski definition) is 1. The highest BCUT2D eigenvalue weighted by atomic mass is 16.3. The number of rotatable bonds is 3. The van der Waals surface area contributed by atoms with E-state index < -0.39 is 0 Å². The van der Waals surface area contributed by atoms with Gasteiger partial charge in [-0.1, -0.05) is 37.0 Å². The number of hydrogen-bond acceptors (Lipinski definition) is 1. The van der Waals surface area contributed by atoms with E-state index in [1.54, 1.807) is 6.08 Å². The van der Waals surface area contributed by atoms with Crippen LogP contribution in [0.15, 0.2) is 48.8 Å². The molecule has 1 N–H and O–H groups in total. The van der Waals surface area contributed by atoms with Gasteiger partial charge in [-0.25, -0.2) is 0 Å². The maximum atomic E-state index is 8.58. The van der Waals surface area contributed by atoms with E-state index in [4.69, 9.17) is 5.11 Å². The normalized spacial score (nSPS) is 12.1. The Kier molecular flexibility index (Phi) is 5.16. The summed E-state index contributed by atoms with van der Waals surface area (Å²) in [6.07, 6.45) is 10.8. The monoisotopic (exact) mass is 136 g/mol. The quantitative estimate of drug-likeness (QED) is 0.467. The third-order valence-electron chi connectivity index (χ3n) is 0.814. The van der Waals surface area contributed by atoms with Crippen LogP contribution >= 0.6 is 0 Å². The van der Waals surface area contributed by atoms with Crippen molar-refractivity contribution in [1.82, 2.24) is 0 Å². The van der Waals surface area contributed by atoms with Crippen molar-refractivity contribution in [2.75, 3.05) is 0 Å². The predicted molar refractivity (Wildman–Crippen MR) is 44.9 cm³/mol. The molecule has 0 amide bonds. The first-order valence-corrected chi connectivity index (χ1v) is 3.11. The molecule has 1 heteroatoms. The second-order valence-corrected chi connectivity index (χ2v) is 1.76. The van der Waals surface area contributed by atoms with E-state index in [0.29, 0.717) is 0 Å². The molecule has 0 spiro atoms. The molecule has 0 saturated carbocycles. The van der Waals surface area contributed by atoms with E-state index in [0.717, 1.165) is 0 Å². The van der Waals surface area contributed by atoms with Crippen LogP contribution in [0.2, 0.25) is 0 Å². The van der Waals surface area contributed by atoms with E-state index in [-0.39, 0.29) is 5.76 Å². The summed E-state index contributed by atoms with van der Waals surface area (Å²) in [5, 5.41) is 8.58. The summed E-state index contributed by atoms with van der Waals surface area (Å²) in [5.41, 5.74) is 0. The van der Waals surface area contributed by atoms with Gasteiger partial charge in [0.15, 0.2) is 0 Å². The zero-order valence-electron chi connectivity index (χ0n) is 6.12.